The predicted octanol–water partition coefficient (Wildman–Crippen LogP) is 2.90. The molecule has 0 radical (unpaired) electrons. The molecule has 2 aromatic rings. The van der Waals surface area contributed by atoms with Crippen LogP contribution in [0.15, 0.2) is 33.8 Å². The van der Waals surface area contributed by atoms with Crippen molar-refractivity contribution < 1.29 is 18.7 Å². The molecule has 17 heavy (non-hydrogen) atoms. The fourth-order valence-corrected chi connectivity index (χ4v) is 1.76. The van der Waals surface area contributed by atoms with E-state index in [0.29, 0.717) is 10.5 Å². The first-order chi connectivity index (χ1) is 8.11. The first-order valence-corrected chi connectivity index (χ1v) is 5.87. The normalized spacial score (nSPS) is 10.5. The third-order valence-corrected chi connectivity index (χ3v) is 2.89. The molecule has 0 spiro atoms. The first kappa shape index (κ1) is 11.7. The maximum Gasteiger partial charge on any atom is 0.357 e. The Bertz CT molecular complexity index is 568. The molecule has 1 N–H and O–H groups in total. The lowest BCUT2D eigenvalue weighted by molar-refractivity contribution is 0.0690. The van der Waals surface area contributed by atoms with Crippen LogP contribution < -0.4 is 0 Å². The number of carboxylic acids is 1. The number of oxazole rings is 1. The highest BCUT2D eigenvalue weighted by atomic mass is 32.2. The predicted molar refractivity (Wildman–Crippen MR) is 60.6 cm³/mol. The average molecular weight is 253 g/mol. The SMILES string of the molecule is CSc1ccc(-c2nc(C(=O)O)co2)cc1F. The summed E-state index contributed by atoms with van der Waals surface area (Å²) < 4.78 is 18.5. The van der Waals surface area contributed by atoms with Crippen molar-refractivity contribution >= 4 is 17.7 Å². The molecule has 0 atom stereocenters. The summed E-state index contributed by atoms with van der Waals surface area (Å²) in [6, 6.07) is 4.50. The standard InChI is InChI=1S/C11H8FNO3S/c1-17-9-3-2-6(4-7(9)12)10-13-8(5-16-10)11(14)15/h2-5H,1H3,(H,14,15). The molecule has 0 unspecified atom stereocenters. The minimum absolute atomic E-state index is 0.0916. The zero-order valence-electron chi connectivity index (χ0n) is 8.81. The van der Waals surface area contributed by atoms with Crippen molar-refractivity contribution in [1.29, 1.82) is 0 Å². The number of thioether (sulfide) groups is 1. The van der Waals surface area contributed by atoms with E-state index in [1.165, 1.54) is 17.8 Å². The number of aromatic carboxylic acids is 1. The van der Waals surface area contributed by atoms with Crippen LogP contribution in [-0.2, 0) is 0 Å². The van der Waals surface area contributed by atoms with Crippen LogP contribution in [0.4, 0.5) is 4.39 Å². The second-order valence-electron chi connectivity index (χ2n) is 3.19. The summed E-state index contributed by atoms with van der Waals surface area (Å²) in [5.41, 5.74) is 0.210. The molecular weight excluding hydrogens is 245 g/mol. The Hall–Kier alpha value is -1.82. The van der Waals surface area contributed by atoms with Crippen LogP contribution in [0, 0.1) is 5.82 Å². The average Bonchev–Trinajstić information content (AvgIpc) is 2.78. The zero-order chi connectivity index (χ0) is 12.4. The smallest absolute Gasteiger partial charge is 0.357 e. The number of benzene rings is 1. The number of hydrogen-bond donors (Lipinski definition) is 1. The van der Waals surface area contributed by atoms with Gasteiger partial charge in [0.05, 0.1) is 0 Å². The highest BCUT2D eigenvalue weighted by Crippen LogP contribution is 2.25. The summed E-state index contributed by atoms with van der Waals surface area (Å²) in [4.78, 5) is 14.9. The molecule has 1 heterocycles. The molecule has 0 saturated carbocycles. The number of carbonyl (C=O) groups is 1. The van der Waals surface area contributed by atoms with Crippen molar-refractivity contribution in [3.63, 3.8) is 0 Å². The fraction of sp³-hybridized carbons (Fsp3) is 0.0909. The Morgan fingerprint density at radius 2 is 2.29 bits per heavy atom. The van der Waals surface area contributed by atoms with Crippen molar-refractivity contribution in [3.8, 4) is 11.5 Å². The maximum atomic E-state index is 13.5. The second-order valence-corrected chi connectivity index (χ2v) is 4.04. The van der Waals surface area contributed by atoms with Gasteiger partial charge in [-0.3, -0.25) is 0 Å². The van der Waals surface area contributed by atoms with Gasteiger partial charge in [0, 0.05) is 10.5 Å². The fourth-order valence-electron chi connectivity index (χ4n) is 1.30. The summed E-state index contributed by atoms with van der Waals surface area (Å²) in [5.74, 6) is -1.47. The lowest BCUT2D eigenvalue weighted by Gasteiger charge is -2.00. The second kappa shape index (κ2) is 4.58. The van der Waals surface area contributed by atoms with Gasteiger partial charge < -0.3 is 9.52 Å². The van der Waals surface area contributed by atoms with Crippen molar-refractivity contribution in [3.05, 3.63) is 36.0 Å². The van der Waals surface area contributed by atoms with Crippen LogP contribution in [0.2, 0.25) is 0 Å². The van der Waals surface area contributed by atoms with Gasteiger partial charge in [-0.2, -0.15) is 0 Å². The van der Waals surface area contributed by atoms with Crippen LogP contribution in [0.1, 0.15) is 10.5 Å². The van der Waals surface area contributed by atoms with E-state index in [4.69, 9.17) is 9.52 Å². The van der Waals surface area contributed by atoms with Crippen molar-refractivity contribution in [2.45, 2.75) is 4.90 Å². The molecule has 0 aliphatic carbocycles. The van der Waals surface area contributed by atoms with Gasteiger partial charge >= 0.3 is 5.97 Å². The van der Waals surface area contributed by atoms with Crippen molar-refractivity contribution in [2.24, 2.45) is 0 Å². The lowest BCUT2D eigenvalue weighted by Crippen LogP contribution is -1.95. The first-order valence-electron chi connectivity index (χ1n) is 4.64. The summed E-state index contributed by atoms with van der Waals surface area (Å²) in [6.45, 7) is 0. The van der Waals surface area contributed by atoms with Crippen LogP contribution in [0.5, 0.6) is 0 Å². The molecule has 0 aliphatic heterocycles. The molecule has 1 aromatic heterocycles. The van der Waals surface area contributed by atoms with Crippen molar-refractivity contribution in [2.75, 3.05) is 6.26 Å². The number of halogens is 1. The zero-order valence-corrected chi connectivity index (χ0v) is 9.62. The van der Waals surface area contributed by atoms with E-state index in [1.807, 2.05) is 0 Å². The molecule has 6 heteroatoms. The molecule has 0 amide bonds. The largest absolute Gasteiger partial charge is 0.476 e. The molecule has 0 bridgehead atoms. The highest BCUT2D eigenvalue weighted by molar-refractivity contribution is 7.98. The Balaban J connectivity index is 2.39. The van der Waals surface area contributed by atoms with Gasteiger partial charge in [0.2, 0.25) is 5.89 Å². The Kier molecular flexibility index (Phi) is 3.14. The van der Waals surface area contributed by atoms with Gasteiger partial charge in [0.25, 0.3) is 0 Å². The summed E-state index contributed by atoms with van der Waals surface area (Å²) in [5, 5.41) is 8.68. The minimum atomic E-state index is -1.18. The van der Waals surface area contributed by atoms with Gasteiger partial charge in [0.1, 0.15) is 12.1 Å². The van der Waals surface area contributed by atoms with E-state index in [-0.39, 0.29) is 17.4 Å². The van der Waals surface area contributed by atoms with Gasteiger partial charge in [0.15, 0.2) is 5.69 Å². The molecule has 88 valence electrons. The van der Waals surface area contributed by atoms with Gasteiger partial charge in [-0.1, -0.05) is 0 Å². The topological polar surface area (TPSA) is 63.3 Å². The van der Waals surface area contributed by atoms with E-state index in [0.717, 1.165) is 6.26 Å². The molecule has 0 aliphatic rings. The maximum absolute atomic E-state index is 13.5. The van der Waals surface area contributed by atoms with Gasteiger partial charge in [-0.25, -0.2) is 14.2 Å². The summed E-state index contributed by atoms with van der Waals surface area (Å²) in [6.07, 6.45) is 2.80. The van der Waals surface area contributed by atoms with E-state index >= 15 is 0 Å². The van der Waals surface area contributed by atoms with E-state index in [1.54, 1.807) is 18.4 Å². The lowest BCUT2D eigenvalue weighted by atomic mass is 10.2. The van der Waals surface area contributed by atoms with Crippen LogP contribution in [-0.4, -0.2) is 22.3 Å². The molecular formula is C11H8FNO3S. The number of hydrogen-bond acceptors (Lipinski definition) is 4. The summed E-state index contributed by atoms with van der Waals surface area (Å²) >= 11 is 1.29. The Morgan fingerprint density at radius 3 is 2.82 bits per heavy atom. The Labute approximate surface area is 100 Å². The third-order valence-electron chi connectivity index (χ3n) is 2.12. The highest BCUT2D eigenvalue weighted by Gasteiger charge is 2.13. The molecule has 4 nitrogen and oxygen atoms in total. The molecule has 2 rings (SSSR count). The number of rotatable bonds is 3. The minimum Gasteiger partial charge on any atom is -0.476 e. The van der Waals surface area contributed by atoms with Gasteiger partial charge in [-0.05, 0) is 24.5 Å². The van der Waals surface area contributed by atoms with E-state index in [2.05, 4.69) is 4.98 Å². The van der Waals surface area contributed by atoms with Crippen LogP contribution in [0.3, 0.4) is 0 Å². The Morgan fingerprint density at radius 1 is 1.53 bits per heavy atom. The van der Waals surface area contributed by atoms with Crippen LogP contribution >= 0.6 is 11.8 Å². The van der Waals surface area contributed by atoms with Crippen LogP contribution in [0.25, 0.3) is 11.5 Å². The number of nitrogens with zero attached hydrogens (tertiary/aromatic N) is 1. The number of aromatic nitrogens is 1. The third kappa shape index (κ3) is 2.31. The van der Waals surface area contributed by atoms with E-state index < -0.39 is 5.97 Å². The monoisotopic (exact) mass is 253 g/mol. The molecule has 0 saturated heterocycles. The number of carboxylic acid groups (broad SMARTS) is 1. The molecule has 0 fully saturated rings. The quantitative estimate of drug-likeness (QED) is 0.852. The van der Waals surface area contributed by atoms with Crippen molar-refractivity contribution in [1.82, 2.24) is 4.98 Å². The van der Waals surface area contributed by atoms with Gasteiger partial charge in [-0.15, -0.1) is 11.8 Å². The van der Waals surface area contributed by atoms with E-state index in [9.17, 15) is 9.18 Å². The summed E-state index contributed by atoms with van der Waals surface area (Å²) in [7, 11) is 0. The molecule has 1 aromatic carbocycles.